The summed E-state index contributed by atoms with van der Waals surface area (Å²) in [6.45, 7) is 9.88. The lowest BCUT2D eigenvalue weighted by Gasteiger charge is -2.36. The molecule has 1 aromatic rings. The van der Waals surface area contributed by atoms with Gasteiger partial charge in [-0.05, 0) is 80.2 Å². The van der Waals surface area contributed by atoms with Crippen LogP contribution in [0.5, 0.6) is 0 Å². The van der Waals surface area contributed by atoms with Gasteiger partial charge in [-0.25, -0.2) is 0 Å². The summed E-state index contributed by atoms with van der Waals surface area (Å²) in [4.78, 5) is 0. The Morgan fingerprint density at radius 1 is 1.05 bits per heavy atom. The van der Waals surface area contributed by atoms with Gasteiger partial charge in [0.1, 0.15) is 0 Å². The Morgan fingerprint density at radius 2 is 1.74 bits per heavy atom. The van der Waals surface area contributed by atoms with Crippen molar-refractivity contribution in [3.05, 3.63) is 34.4 Å². The lowest BCUT2D eigenvalue weighted by Crippen LogP contribution is -2.29. The molecule has 0 heterocycles. The van der Waals surface area contributed by atoms with E-state index in [0.717, 1.165) is 12.5 Å². The van der Waals surface area contributed by atoms with Crippen LogP contribution in [0, 0.1) is 32.6 Å². The van der Waals surface area contributed by atoms with Gasteiger partial charge in [-0.3, -0.25) is 0 Å². The summed E-state index contributed by atoms with van der Waals surface area (Å²) in [5.41, 5.74) is 11.9. The van der Waals surface area contributed by atoms with Gasteiger partial charge in [-0.15, -0.1) is 0 Å². The minimum Gasteiger partial charge on any atom is -0.330 e. The first-order valence-corrected chi connectivity index (χ1v) is 7.84. The quantitative estimate of drug-likeness (QED) is 0.851. The molecule has 106 valence electrons. The minimum atomic E-state index is 0.683. The summed E-state index contributed by atoms with van der Waals surface area (Å²) in [5.74, 6) is 2.26. The van der Waals surface area contributed by atoms with E-state index in [1.54, 1.807) is 5.56 Å². The van der Waals surface area contributed by atoms with E-state index >= 15 is 0 Å². The van der Waals surface area contributed by atoms with Gasteiger partial charge >= 0.3 is 0 Å². The van der Waals surface area contributed by atoms with E-state index in [4.69, 9.17) is 5.73 Å². The molecule has 1 nitrogen and oxygen atoms in total. The highest BCUT2D eigenvalue weighted by Gasteiger charge is 2.30. The molecule has 0 aromatic heterocycles. The van der Waals surface area contributed by atoms with Crippen LogP contribution in [0.3, 0.4) is 0 Å². The average Bonchev–Trinajstić information content (AvgIpc) is 2.42. The van der Waals surface area contributed by atoms with Gasteiger partial charge in [-0.2, -0.15) is 0 Å². The number of aryl methyl sites for hydroxylation is 3. The maximum absolute atomic E-state index is 6.04. The molecule has 1 fully saturated rings. The van der Waals surface area contributed by atoms with Gasteiger partial charge in [0.2, 0.25) is 0 Å². The molecule has 0 bridgehead atoms. The highest BCUT2D eigenvalue weighted by molar-refractivity contribution is 5.39. The zero-order valence-electron chi connectivity index (χ0n) is 13.0. The van der Waals surface area contributed by atoms with Crippen LogP contribution in [0.1, 0.15) is 60.8 Å². The third-order valence-corrected chi connectivity index (χ3v) is 5.26. The first-order valence-electron chi connectivity index (χ1n) is 7.84. The van der Waals surface area contributed by atoms with Crippen LogP contribution in [0.25, 0.3) is 0 Å². The summed E-state index contributed by atoms with van der Waals surface area (Å²) < 4.78 is 0. The van der Waals surface area contributed by atoms with E-state index in [2.05, 4.69) is 39.8 Å². The Bertz CT molecular complexity index is 436. The Labute approximate surface area is 118 Å². The van der Waals surface area contributed by atoms with Gasteiger partial charge in [0.15, 0.2) is 0 Å². The van der Waals surface area contributed by atoms with Crippen LogP contribution in [0.2, 0.25) is 0 Å². The maximum Gasteiger partial charge on any atom is -0.00430 e. The van der Waals surface area contributed by atoms with Gasteiger partial charge in [0, 0.05) is 0 Å². The molecule has 3 atom stereocenters. The van der Waals surface area contributed by atoms with Gasteiger partial charge in [-0.1, -0.05) is 31.9 Å². The molecular weight excluding hydrogens is 230 g/mol. The zero-order valence-corrected chi connectivity index (χ0v) is 13.0. The Kier molecular flexibility index (Phi) is 4.67. The molecular formula is C18H29N. The molecule has 0 saturated heterocycles. The summed E-state index contributed by atoms with van der Waals surface area (Å²) in [6.07, 6.45) is 5.34. The van der Waals surface area contributed by atoms with Crippen molar-refractivity contribution in [1.29, 1.82) is 0 Å². The molecule has 1 aliphatic carbocycles. The van der Waals surface area contributed by atoms with Crippen molar-refractivity contribution < 1.29 is 0 Å². The van der Waals surface area contributed by atoms with Crippen molar-refractivity contribution in [3.63, 3.8) is 0 Å². The highest BCUT2D eigenvalue weighted by atomic mass is 14.6. The predicted molar refractivity (Wildman–Crippen MR) is 83.6 cm³/mol. The van der Waals surface area contributed by atoms with E-state index < -0.39 is 0 Å². The summed E-state index contributed by atoms with van der Waals surface area (Å²) >= 11 is 0. The van der Waals surface area contributed by atoms with Crippen molar-refractivity contribution in [2.45, 2.75) is 59.3 Å². The molecule has 0 aliphatic heterocycles. The summed E-state index contributed by atoms with van der Waals surface area (Å²) in [7, 11) is 0. The topological polar surface area (TPSA) is 26.0 Å². The molecule has 1 heteroatoms. The normalized spacial score (nSPS) is 27.5. The van der Waals surface area contributed by atoms with E-state index in [1.807, 2.05) is 0 Å². The van der Waals surface area contributed by atoms with E-state index in [9.17, 15) is 0 Å². The number of rotatable bonds is 3. The van der Waals surface area contributed by atoms with E-state index in [-0.39, 0.29) is 0 Å². The number of hydrogen-bond acceptors (Lipinski definition) is 1. The Balaban J connectivity index is 2.33. The summed E-state index contributed by atoms with van der Waals surface area (Å²) in [5, 5.41) is 0. The van der Waals surface area contributed by atoms with E-state index in [0.29, 0.717) is 11.8 Å². The monoisotopic (exact) mass is 259 g/mol. The van der Waals surface area contributed by atoms with Gasteiger partial charge < -0.3 is 5.73 Å². The average molecular weight is 259 g/mol. The SMILES string of the molecule is CCC1CCC(CN)C(c2cc(C)c(C)cc2C)C1. The van der Waals surface area contributed by atoms with Crippen molar-refractivity contribution in [2.24, 2.45) is 17.6 Å². The molecule has 0 amide bonds. The van der Waals surface area contributed by atoms with Crippen LogP contribution in [0.15, 0.2) is 12.1 Å². The molecule has 19 heavy (non-hydrogen) atoms. The Morgan fingerprint density at radius 3 is 2.37 bits per heavy atom. The highest BCUT2D eigenvalue weighted by Crippen LogP contribution is 2.42. The van der Waals surface area contributed by atoms with Gasteiger partial charge in [0.05, 0.1) is 0 Å². The fourth-order valence-corrected chi connectivity index (χ4v) is 3.74. The van der Waals surface area contributed by atoms with E-state index in [1.165, 1.54) is 42.4 Å². The van der Waals surface area contributed by atoms with Crippen molar-refractivity contribution in [3.8, 4) is 0 Å². The second-order valence-corrected chi connectivity index (χ2v) is 6.48. The van der Waals surface area contributed by atoms with Crippen molar-refractivity contribution >= 4 is 0 Å². The third kappa shape index (κ3) is 3.02. The van der Waals surface area contributed by atoms with Crippen LogP contribution in [-0.2, 0) is 0 Å². The molecule has 1 aromatic carbocycles. The molecule has 1 saturated carbocycles. The first-order chi connectivity index (χ1) is 9.06. The van der Waals surface area contributed by atoms with Gasteiger partial charge in [0.25, 0.3) is 0 Å². The Hall–Kier alpha value is -0.820. The molecule has 1 aliphatic rings. The lowest BCUT2D eigenvalue weighted by atomic mass is 9.69. The van der Waals surface area contributed by atoms with Crippen molar-refractivity contribution in [2.75, 3.05) is 6.54 Å². The maximum atomic E-state index is 6.04. The standard InChI is InChI=1S/C18H29N/c1-5-15-6-7-16(11-19)18(10-15)17-9-13(3)12(2)8-14(17)4/h8-9,15-16,18H,5-7,10-11,19H2,1-4H3. The molecule has 0 radical (unpaired) electrons. The van der Waals surface area contributed by atoms with Crippen LogP contribution in [-0.4, -0.2) is 6.54 Å². The molecule has 2 N–H and O–H groups in total. The van der Waals surface area contributed by atoms with Crippen LogP contribution >= 0.6 is 0 Å². The van der Waals surface area contributed by atoms with Crippen LogP contribution in [0.4, 0.5) is 0 Å². The summed E-state index contributed by atoms with van der Waals surface area (Å²) in [6, 6.07) is 4.78. The van der Waals surface area contributed by atoms with Crippen LogP contribution < -0.4 is 5.73 Å². The lowest BCUT2D eigenvalue weighted by molar-refractivity contribution is 0.235. The predicted octanol–water partition coefficient (Wildman–Crippen LogP) is 4.48. The second-order valence-electron chi connectivity index (χ2n) is 6.48. The number of hydrogen-bond donors (Lipinski definition) is 1. The number of benzene rings is 1. The second kappa shape index (κ2) is 6.09. The molecule has 0 spiro atoms. The minimum absolute atomic E-state index is 0.683. The first kappa shape index (κ1) is 14.6. The third-order valence-electron chi connectivity index (χ3n) is 5.26. The number of nitrogens with two attached hydrogens (primary N) is 1. The molecule has 2 rings (SSSR count). The molecule has 3 unspecified atom stereocenters. The fourth-order valence-electron chi connectivity index (χ4n) is 3.74. The smallest absolute Gasteiger partial charge is 0.00430 e. The van der Waals surface area contributed by atoms with Crippen molar-refractivity contribution in [1.82, 2.24) is 0 Å². The zero-order chi connectivity index (χ0) is 14.0. The largest absolute Gasteiger partial charge is 0.330 e. The fraction of sp³-hybridized carbons (Fsp3) is 0.667.